The molecular weight excluding hydrogens is 310 g/mol. The predicted molar refractivity (Wildman–Crippen MR) is 88.7 cm³/mol. The van der Waals surface area contributed by atoms with Crippen molar-refractivity contribution < 1.29 is 10.0 Å². The van der Waals surface area contributed by atoms with Gasteiger partial charge in [-0.2, -0.15) is 0 Å². The Bertz CT molecular complexity index is 745. The summed E-state index contributed by atoms with van der Waals surface area (Å²) in [5.41, 5.74) is 0.435. The third-order valence-corrected chi connectivity index (χ3v) is 4.59. The van der Waals surface area contributed by atoms with Crippen molar-refractivity contribution in [2.45, 2.75) is 25.9 Å². The van der Waals surface area contributed by atoms with Crippen molar-refractivity contribution in [3.05, 3.63) is 46.2 Å². The van der Waals surface area contributed by atoms with Crippen molar-refractivity contribution in [3.8, 4) is 0 Å². The summed E-state index contributed by atoms with van der Waals surface area (Å²) in [4.78, 5) is 21.2. The fourth-order valence-electron chi connectivity index (χ4n) is 3.26. The van der Waals surface area contributed by atoms with Gasteiger partial charge in [-0.3, -0.25) is 10.1 Å². The second kappa shape index (κ2) is 6.56. The molecule has 3 heterocycles. The summed E-state index contributed by atoms with van der Waals surface area (Å²) < 4.78 is 1.83. The third-order valence-electron chi connectivity index (χ3n) is 4.59. The zero-order valence-corrected chi connectivity index (χ0v) is 13.8. The van der Waals surface area contributed by atoms with Gasteiger partial charge in [-0.25, -0.2) is 9.97 Å². The lowest BCUT2D eigenvalue weighted by atomic mass is 9.92. The first kappa shape index (κ1) is 16.4. The molecule has 3 rings (SSSR count). The molecule has 1 saturated heterocycles. The zero-order valence-electron chi connectivity index (χ0n) is 13.8. The molecule has 24 heavy (non-hydrogen) atoms. The van der Waals surface area contributed by atoms with Gasteiger partial charge in [-0.15, -0.1) is 0 Å². The number of nitro groups is 1. The lowest BCUT2D eigenvalue weighted by Gasteiger charge is -2.35. The predicted octanol–water partition coefficient (Wildman–Crippen LogP) is 1.98. The molecule has 2 aromatic rings. The maximum Gasteiger partial charge on any atom is 0.290 e. The van der Waals surface area contributed by atoms with Gasteiger partial charge >= 0.3 is 0 Å². The van der Waals surface area contributed by atoms with E-state index in [-0.39, 0.29) is 11.6 Å². The Morgan fingerprint density at radius 2 is 2.25 bits per heavy atom. The topological polar surface area (TPSA) is 97.3 Å². The molecule has 0 saturated carbocycles. The molecule has 2 unspecified atom stereocenters. The molecule has 0 bridgehead atoms. The van der Waals surface area contributed by atoms with Crippen LogP contribution < -0.4 is 4.90 Å². The number of piperidine rings is 1. The van der Waals surface area contributed by atoms with Gasteiger partial charge < -0.3 is 14.6 Å². The third kappa shape index (κ3) is 3.09. The molecule has 8 heteroatoms. The van der Waals surface area contributed by atoms with Crippen LogP contribution in [0.3, 0.4) is 0 Å². The maximum absolute atomic E-state index is 10.9. The molecule has 1 aliphatic rings. The van der Waals surface area contributed by atoms with Gasteiger partial charge in [-0.05, 0) is 25.8 Å². The first-order chi connectivity index (χ1) is 11.5. The van der Waals surface area contributed by atoms with Crippen LogP contribution in [0.25, 0.3) is 0 Å². The fraction of sp³-hybridized carbons (Fsp3) is 0.500. The monoisotopic (exact) mass is 331 g/mol. The Hall–Kier alpha value is -2.48. The highest BCUT2D eigenvalue weighted by Gasteiger charge is 2.30. The molecular formula is C16H21N5O3. The number of hydrogen-bond acceptors (Lipinski definition) is 6. The quantitative estimate of drug-likeness (QED) is 0.679. The Kier molecular flexibility index (Phi) is 4.48. The Morgan fingerprint density at radius 3 is 2.88 bits per heavy atom. The minimum Gasteiger partial charge on any atom is -0.385 e. The highest BCUT2D eigenvalue weighted by molar-refractivity contribution is 5.47. The van der Waals surface area contributed by atoms with E-state index in [0.717, 1.165) is 25.2 Å². The second-order valence-corrected chi connectivity index (χ2v) is 6.22. The van der Waals surface area contributed by atoms with Crippen LogP contribution in [0, 0.1) is 23.0 Å². The molecule has 1 N–H and O–H groups in total. The minimum atomic E-state index is -0.632. The summed E-state index contributed by atoms with van der Waals surface area (Å²) in [6.45, 7) is 3.12. The van der Waals surface area contributed by atoms with Crippen LogP contribution in [0.1, 0.15) is 30.5 Å². The Balaban J connectivity index is 1.77. The molecule has 0 radical (unpaired) electrons. The number of pyridine rings is 1. The van der Waals surface area contributed by atoms with Gasteiger partial charge in [0.05, 0.1) is 4.92 Å². The number of rotatable bonds is 4. The largest absolute Gasteiger partial charge is 0.385 e. The lowest BCUT2D eigenvalue weighted by molar-refractivity contribution is -0.385. The van der Waals surface area contributed by atoms with E-state index in [1.54, 1.807) is 19.2 Å². The zero-order chi connectivity index (χ0) is 17.3. The van der Waals surface area contributed by atoms with E-state index in [9.17, 15) is 15.2 Å². The van der Waals surface area contributed by atoms with Crippen LogP contribution in [0.4, 0.5) is 11.5 Å². The average Bonchev–Trinajstić information content (AvgIpc) is 3.00. The van der Waals surface area contributed by atoms with E-state index in [2.05, 4.69) is 14.9 Å². The van der Waals surface area contributed by atoms with Crippen molar-refractivity contribution in [2.75, 3.05) is 18.0 Å². The molecule has 1 fully saturated rings. The van der Waals surface area contributed by atoms with Gasteiger partial charge in [0.1, 0.15) is 23.4 Å². The van der Waals surface area contributed by atoms with E-state index in [1.165, 1.54) is 6.07 Å². The number of aryl methyl sites for hydroxylation is 2. The maximum atomic E-state index is 10.9. The summed E-state index contributed by atoms with van der Waals surface area (Å²) in [6, 6.07) is 3.18. The van der Waals surface area contributed by atoms with Crippen LogP contribution in [0.2, 0.25) is 0 Å². The van der Waals surface area contributed by atoms with Crippen molar-refractivity contribution in [1.82, 2.24) is 14.5 Å². The van der Waals surface area contributed by atoms with Crippen LogP contribution >= 0.6 is 0 Å². The van der Waals surface area contributed by atoms with Gasteiger partial charge in [0.2, 0.25) is 0 Å². The molecule has 0 aromatic carbocycles. The molecule has 0 aliphatic carbocycles. The minimum absolute atomic E-state index is 0.0281. The standard InChI is InChI=1S/C16H21N5O3/c1-11-13(21(23)24)5-6-14(18-11)20-8-3-4-12(10-20)15(22)16-17-7-9-19(16)2/h5-7,9,12,15,22H,3-4,8,10H2,1-2H3. The lowest BCUT2D eigenvalue weighted by Crippen LogP contribution is -2.38. The number of aromatic nitrogens is 3. The van der Waals surface area contributed by atoms with E-state index in [4.69, 9.17) is 0 Å². The van der Waals surface area contributed by atoms with Crippen LogP contribution in [-0.2, 0) is 7.05 Å². The van der Waals surface area contributed by atoms with Crippen LogP contribution in [0.5, 0.6) is 0 Å². The van der Waals surface area contributed by atoms with E-state index in [0.29, 0.717) is 18.1 Å². The summed E-state index contributed by atoms with van der Waals surface area (Å²) in [6.07, 6.45) is 4.72. The Labute approximate surface area is 139 Å². The molecule has 8 nitrogen and oxygen atoms in total. The average molecular weight is 331 g/mol. The molecule has 128 valence electrons. The van der Waals surface area contributed by atoms with Crippen LogP contribution in [-0.4, -0.2) is 37.7 Å². The number of hydrogen-bond donors (Lipinski definition) is 1. The van der Waals surface area contributed by atoms with Gasteiger partial charge in [-0.1, -0.05) is 0 Å². The highest BCUT2D eigenvalue weighted by atomic mass is 16.6. The van der Waals surface area contributed by atoms with E-state index in [1.807, 2.05) is 17.8 Å². The van der Waals surface area contributed by atoms with Gasteiger partial charge in [0, 0.05) is 44.5 Å². The number of imidazole rings is 1. The summed E-state index contributed by atoms with van der Waals surface area (Å²) >= 11 is 0. The van der Waals surface area contributed by atoms with E-state index < -0.39 is 11.0 Å². The van der Waals surface area contributed by atoms with Crippen molar-refractivity contribution in [2.24, 2.45) is 13.0 Å². The van der Waals surface area contributed by atoms with Crippen molar-refractivity contribution in [3.63, 3.8) is 0 Å². The molecule has 0 amide bonds. The highest BCUT2D eigenvalue weighted by Crippen LogP contribution is 2.31. The second-order valence-electron chi connectivity index (χ2n) is 6.22. The van der Waals surface area contributed by atoms with Crippen molar-refractivity contribution in [1.29, 1.82) is 0 Å². The number of aliphatic hydroxyl groups is 1. The first-order valence-corrected chi connectivity index (χ1v) is 7.99. The van der Waals surface area contributed by atoms with E-state index >= 15 is 0 Å². The Morgan fingerprint density at radius 1 is 1.46 bits per heavy atom. The SMILES string of the molecule is Cc1nc(N2CCCC(C(O)c3nccn3C)C2)ccc1[N+](=O)[O-]. The number of nitrogens with zero attached hydrogens (tertiary/aromatic N) is 5. The first-order valence-electron chi connectivity index (χ1n) is 7.99. The van der Waals surface area contributed by atoms with Gasteiger partial charge in [0.15, 0.2) is 0 Å². The summed E-state index contributed by atoms with van der Waals surface area (Å²) in [5, 5.41) is 21.6. The summed E-state index contributed by atoms with van der Waals surface area (Å²) in [5.74, 6) is 1.43. The normalized spacial score (nSPS) is 19.3. The van der Waals surface area contributed by atoms with Crippen molar-refractivity contribution >= 4 is 11.5 Å². The number of aliphatic hydroxyl groups excluding tert-OH is 1. The molecule has 2 atom stereocenters. The summed E-state index contributed by atoms with van der Waals surface area (Å²) in [7, 11) is 1.87. The molecule has 1 aliphatic heterocycles. The fourth-order valence-corrected chi connectivity index (χ4v) is 3.26. The van der Waals surface area contributed by atoms with Gasteiger partial charge in [0.25, 0.3) is 5.69 Å². The molecule has 2 aromatic heterocycles. The number of anilines is 1. The smallest absolute Gasteiger partial charge is 0.290 e. The molecule has 0 spiro atoms. The van der Waals surface area contributed by atoms with Crippen LogP contribution in [0.15, 0.2) is 24.5 Å².